The molecule has 146 valence electrons. The first-order chi connectivity index (χ1) is 12.6. The normalized spacial score (nSPS) is 11.7. The molecule has 1 amide bonds. The third-order valence-electron chi connectivity index (χ3n) is 3.55. The number of nitrogens with one attached hydrogen (secondary N) is 1. The van der Waals surface area contributed by atoms with Crippen LogP contribution in [0.3, 0.4) is 0 Å². The molecule has 0 atom stereocenters. The van der Waals surface area contributed by atoms with Gasteiger partial charge in [-0.3, -0.25) is 4.79 Å². The maximum absolute atomic E-state index is 12.3. The monoisotopic (exact) mass is 462 g/mol. The van der Waals surface area contributed by atoms with E-state index in [2.05, 4.69) is 26.0 Å². The number of rotatable bonds is 7. The Hall–Kier alpha value is -2.04. The lowest BCUT2D eigenvalue weighted by Crippen LogP contribution is -2.25. The summed E-state index contributed by atoms with van der Waals surface area (Å²) in [5, 5.41) is 2.65. The van der Waals surface area contributed by atoms with E-state index in [1.54, 1.807) is 12.1 Å². The van der Waals surface area contributed by atoms with Crippen LogP contribution in [0.5, 0.6) is 5.75 Å². The molecule has 0 saturated carbocycles. The second kappa shape index (κ2) is 8.77. The highest BCUT2D eigenvalue weighted by atomic mass is 79.9. The molecule has 2 rings (SSSR count). The molecule has 0 radical (unpaired) electrons. The molecular formula is C17H17BrF2N2O4S. The smallest absolute Gasteiger partial charge is 0.387 e. The largest absolute Gasteiger partial charge is 0.435 e. The molecule has 0 aliphatic carbocycles. The fourth-order valence-corrected chi connectivity index (χ4v) is 3.96. The average Bonchev–Trinajstić information content (AvgIpc) is 2.60. The molecule has 2 aromatic carbocycles. The van der Waals surface area contributed by atoms with E-state index in [1.165, 1.54) is 44.4 Å². The number of hydrogen-bond donors (Lipinski definition) is 1. The highest BCUT2D eigenvalue weighted by Crippen LogP contribution is 2.25. The minimum absolute atomic E-state index is 0.0198. The van der Waals surface area contributed by atoms with E-state index >= 15 is 0 Å². The average molecular weight is 463 g/mol. The maximum atomic E-state index is 12.3. The lowest BCUT2D eigenvalue weighted by Gasteiger charge is -2.14. The van der Waals surface area contributed by atoms with Crippen LogP contribution in [0.2, 0.25) is 0 Å². The summed E-state index contributed by atoms with van der Waals surface area (Å²) >= 11 is 3.18. The molecule has 0 bridgehead atoms. The van der Waals surface area contributed by atoms with Crippen LogP contribution >= 0.6 is 15.9 Å². The van der Waals surface area contributed by atoms with Crippen LogP contribution in [0.25, 0.3) is 0 Å². The first-order valence-electron chi connectivity index (χ1n) is 7.65. The van der Waals surface area contributed by atoms with Gasteiger partial charge in [-0.2, -0.15) is 8.78 Å². The topological polar surface area (TPSA) is 75.7 Å². The number of benzene rings is 2. The van der Waals surface area contributed by atoms with Gasteiger partial charge in [-0.15, -0.1) is 0 Å². The predicted octanol–water partition coefficient (Wildman–Crippen LogP) is 3.23. The maximum Gasteiger partial charge on any atom is 0.387 e. The van der Waals surface area contributed by atoms with Gasteiger partial charge in [0.2, 0.25) is 10.0 Å². The summed E-state index contributed by atoms with van der Waals surface area (Å²) < 4.78 is 54.5. The minimum Gasteiger partial charge on any atom is -0.435 e. The van der Waals surface area contributed by atoms with Gasteiger partial charge in [-0.25, -0.2) is 12.7 Å². The molecule has 6 nitrogen and oxygen atoms in total. The van der Waals surface area contributed by atoms with Crippen molar-refractivity contribution >= 4 is 31.9 Å². The van der Waals surface area contributed by atoms with Crippen molar-refractivity contribution in [2.75, 3.05) is 14.1 Å². The molecule has 0 heterocycles. The van der Waals surface area contributed by atoms with Crippen LogP contribution in [0.15, 0.2) is 51.8 Å². The highest BCUT2D eigenvalue weighted by molar-refractivity contribution is 9.10. The van der Waals surface area contributed by atoms with Gasteiger partial charge < -0.3 is 10.1 Å². The highest BCUT2D eigenvalue weighted by Gasteiger charge is 2.22. The number of hydrogen-bond acceptors (Lipinski definition) is 4. The summed E-state index contributed by atoms with van der Waals surface area (Å²) in [5.41, 5.74) is 0.847. The van der Waals surface area contributed by atoms with Crippen LogP contribution in [0.4, 0.5) is 8.78 Å². The molecule has 0 aliphatic rings. The summed E-state index contributed by atoms with van der Waals surface area (Å²) in [6, 6.07) is 10.1. The van der Waals surface area contributed by atoms with Crippen molar-refractivity contribution in [3.63, 3.8) is 0 Å². The summed E-state index contributed by atoms with van der Waals surface area (Å²) in [4.78, 5) is 12.3. The van der Waals surface area contributed by atoms with E-state index < -0.39 is 22.5 Å². The van der Waals surface area contributed by atoms with Gasteiger partial charge in [-0.1, -0.05) is 12.1 Å². The van der Waals surface area contributed by atoms with Gasteiger partial charge in [0.15, 0.2) is 0 Å². The van der Waals surface area contributed by atoms with Crippen molar-refractivity contribution in [3.05, 3.63) is 58.1 Å². The Kier molecular flexibility index (Phi) is 6.90. The predicted molar refractivity (Wildman–Crippen MR) is 99.3 cm³/mol. The van der Waals surface area contributed by atoms with Gasteiger partial charge in [0.1, 0.15) is 5.75 Å². The molecule has 0 aliphatic heterocycles. The lowest BCUT2D eigenvalue weighted by molar-refractivity contribution is -0.0498. The Morgan fingerprint density at radius 3 is 2.37 bits per heavy atom. The first-order valence-corrected chi connectivity index (χ1v) is 9.88. The summed E-state index contributed by atoms with van der Waals surface area (Å²) in [5.74, 6) is -0.447. The number of sulfonamides is 1. The lowest BCUT2D eigenvalue weighted by atomic mass is 10.2. The quantitative estimate of drug-likeness (QED) is 0.685. The van der Waals surface area contributed by atoms with E-state index in [0.717, 1.165) is 4.31 Å². The second-order valence-corrected chi connectivity index (χ2v) is 8.61. The third kappa shape index (κ3) is 5.47. The molecule has 1 N–H and O–H groups in total. The molecule has 2 aromatic rings. The molecule has 27 heavy (non-hydrogen) atoms. The Balaban J connectivity index is 2.10. The molecule has 0 aromatic heterocycles. The van der Waals surface area contributed by atoms with Crippen LogP contribution in [-0.4, -0.2) is 39.3 Å². The second-order valence-electron chi connectivity index (χ2n) is 5.64. The minimum atomic E-state index is -3.71. The van der Waals surface area contributed by atoms with Gasteiger partial charge in [-0.05, 0) is 51.8 Å². The number of carbonyl (C=O) groups is 1. The zero-order valence-corrected chi connectivity index (χ0v) is 16.9. The zero-order chi connectivity index (χ0) is 20.2. The van der Waals surface area contributed by atoms with Crippen LogP contribution in [0.1, 0.15) is 15.9 Å². The molecule has 10 heteroatoms. The van der Waals surface area contributed by atoms with Crippen LogP contribution < -0.4 is 10.1 Å². The molecular weight excluding hydrogens is 446 g/mol. The van der Waals surface area contributed by atoms with Crippen molar-refractivity contribution in [1.29, 1.82) is 0 Å². The zero-order valence-electron chi connectivity index (χ0n) is 14.4. The molecule has 0 fully saturated rings. The standard InChI is InChI=1S/C17H17BrF2N2O4S/c1-22(2)27(24,25)15-9-12(5-8-14(15)18)16(23)21-10-11-3-6-13(7-4-11)26-17(19)20/h3-9,17H,10H2,1-2H3,(H,21,23). The van der Waals surface area contributed by atoms with Gasteiger partial charge >= 0.3 is 6.61 Å². The van der Waals surface area contributed by atoms with Crippen molar-refractivity contribution < 1.29 is 26.7 Å². The van der Waals surface area contributed by atoms with E-state index in [0.29, 0.717) is 10.0 Å². The van der Waals surface area contributed by atoms with Crippen LogP contribution in [0, 0.1) is 0 Å². The number of halogens is 3. The number of carbonyl (C=O) groups excluding carboxylic acids is 1. The fraction of sp³-hybridized carbons (Fsp3) is 0.235. The first kappa shape index (κ1) is 21.3. The van der Waals surface area contributed by atoms with E-state index in [-0.39, 0.29) is 22.8 Å². The van der Waals surface area contributed by atoms with Crippen molar-refractivity contribution in [3.8, 4) is 5.75 Å². The summed E-state index contributed by atoms with van der Waals surface area (Å²) in [6.07, 6.45) is 0. The van der Waals surface area contributed by atoms with Gasteiger partial charge in [0, 0.05) is 30.7 Å². The third-order valence-corrected chi connectivity index (χ3v) is 6.36. The summed E-state index contributed by atoms with van der Waals surface area (Å²) in [7, 11) is -0.917. The Labute approximate surface area is 164 Å². The molecule has 0 spiro atoms. The van der Waals surface area contributed by atoms with E-state index in [1.807, 2.05) is 0 Å². The van der Waals surface area contributed by atoms with E-state index in [9.17, 15) is 22.0 Å². The Bertz CT molecular complexity index is 919. The van der Waals surface area contributed by atoms with Crippen molar-refractivity contribution in [1.82, 2.24) is 9.62 Å². The fourth-order valence-electron chi connectivity index (χ4n) is 2.11. The SMILES string of the molecule is CN(C)S(=O)(=O)c1cc(C(=O)NCc2ccc(OC(F)F)cc2)ccc1Br. The van der Waals surface area contributed by atoms with Crippen LogP contribution in [-0.2, 0) is 16.6 Å². The van der Waals surface area contributed by atoms with Crippen molar-refractivity contribution in [2.45, 2.75) is 18.1 Å². The van der Waals surface area contributed by atoms with Gasteiger partial charge in [0.05, 0.1) is 4.90 Å². The number of nitrogens with zero attached hydrogens (tertiary/aromatic N) is 1. The van der Waals surface area contributed by atoms with E-state index in [4.69, 9.17) is 0 Å². The summed E-state index contributed by atoms with van der Waals surface area (Å²) in [6.45, 7) is -2.76. The number of alkyl halides is 2. The van der Waals surface area contributed by atoms with Crippen molar-refractivity contribution in [2.24, 2.45) is 0 Å². The Morgan fingerprint density at radius 2 is 1.81 bits per heavy atom. The molecule has 0 saturated heterocycles. The Morgan fingerprint density at radius 1 is 1.19 bits per heavy atom. The number of amides is 1. The molecule has 0 unspecified atom stereocenters. The number of ether oxygens (including phenoxy) is 1. The van der Waals surface area contributed by atoms with Gasteiger partial charge in [0.25, 0.3) is 5.91 Å².